The van der Waals surface area contributed by atoms with Crippen molar-refractivity contribution in [2.24, 2.45) is 5.41 Å². The van der Waals surface area contributed by atoms with Gasteiger partial charge in [0.1, 0.15) is 0 Å². The SMILES string of the molecule is N#CCCNC(=O)CC1(C(=O)O)CCCCCC1. The first-order valence-electron chi connectivity index (χ1n) is 6.48. The van der Waals surface area contributed by atoms with Gasteiger partial charge in [-0.05, 0) is 12.8 Å². The van der Waals surface area contributed by atoms with E-state index in [1.54, 1.807) is 0 Å². The number of carboxylic acid groups (broad SMARTS) is 1. The van der Waals surface area contributed by atoms with Crippen LogP contribution in [0.15, 0.2) is 0 Å². The van der Waals surface area contributed by atoms with E-state index in [0.717, 1.165) is 25.7 Å². The lowest BCUT2D eigenvalue weighted by Gasteiger charge is -2.27. The van der Waals surface area contributed by atoms with Crippen molar-refractivity contribution < 1.29 is 14.7 Å². The number of nitrogens with zero attached hydrogens (tertiary/aromatic N) is 1. The van der Waals surface area contributed by atoms with Crippen molar-refractivity contribution in [3.63, 3.8) is 0 Å². The molecule has 0 spiro atoms. The van der Waals surface area contributed by atoms with Crippen LogP contribution in [0.2, 0.25) is 0 Å². The van der Waals surface area contributed by atoms with Crippen LogP contribution in [0.1, 0.15) is 51.4 Å². The predicted octanol–water partition coefficient (Wildman–Crippen LogP) is 1.83. The minimum atomic E-state index is -0.896. The van der Waals surface area contributed by atoms with E-state index in [2.05, 4.69) is 5.32 Å². The van der Waals surface area contributed by atoms with Crippen LogP contribution in [0.4, 0.5) is 0 Å². The normalized spacial score (nSPS) is 18.4. The molecular weight excluding hydrogens is 232 g/mol. The Morgan fingerprint density at radius 2 is 1.83 bits per heavy atom. The number of nitriles is 1. The Bertz CT molecular complexity index is 339. The van der Waals surface area contributed by atoms with Crippen molar-refractivity contribution in [1.29, 1.82) is 5.26 Å². The smallest absolute Gasteiger partial charge is 0.310 e. The van der Waals surface area contributed by atoms with Gasteiger partial charge in [-0.1, -0.05) is 25.7 Å². The molecule has 18 heavy (non-hydrogen) atoms. The summed E-state index contributed by atoms with van der Waals surface area (Å²) in [7, 11) is 0. The molecule has 0 aromatic heterocycles. The maximum absolute atomic E-state index is 11.7. The number of carboxylic acids is 1. The summed E-state index contributed by atoms with van der Waals surface area (Å²) in [5.41, 5.74) is -0.896. The number of hydrogen-bond acceptors (Lipinski definition) is 3. The molecule has 1 aliphatic carbocycles. The molecule has 100 valence electrons. The van der Waals surface area contributed by atoms with Gasteiger partial charge < -0.3 is 10.4 Å². The molecule has 1 aliphatic rings. The van der Waals surface area contributed by atoms with Gasteiger partial charge in [-0.15, -0.1) is 0 Å². The summed E-state index contributed by atoms with van der Waals surface area (Å²) < 4.78 is 0. The standard InChI is InChI=1S/C13H20N2O3/c14-8-5-9-15-11(16)10-13(12(17)18)6-3-1-2-4-7-13/h1-7,9-10H2,(H,15,16)(H,17,18). The number of hydrogen-bond donors (Lipinski definition) is 2. The topological polar surface area (TPSA) is 90.2 Å². The Hall–Kier alpha value is -1.57. The van der Waals surface area contributed by atoms with Gasteiger partial charge >= 0.3 is 5.97 Å². The van der Waals surface area contributed by atoms with Gasteiger partial charge in [-0.25, -0.2) is 0 Å². The Labute approximate surface area is 107 Å². The van der Waals surface area contributed by atoms with E-state index in [1.165, 1.54) is 0 Å². The molecular formula is C13H20N2O3. The second-order valence-corrected chi connectivity index (χ2v) is 4.93. The van der Waals surface area contributed by atoms with Crippen LogP contribution in [0, 0.1) is 16.7 Å². The van der Waals surface area contributed by atoms with E-state index in [0.29, 0.717) is 19.4 Å². The lowest BCUT2D eigenvalue weighted by atomic mass is 9.77. The first-order valence-corrected chi connectivity index (χ1v) is 6.48. The Kier molecular flexibility index (Phi) is 5.63. The number of aliphatic carboxylic acids is 1. The van der Waals surface area contributed by atoms with Crippen LogP contribution < -0.4 is 5.32 Å². The molecule has 5 heteroatoms. The third-order valence-corrected chi connectivity index (χ3v) is 3.57. The molecule has 0 aromatic rings. The molecule has 1 saturated carbocycles. The fraction of sp³-hybridized carbons (Fsp3) is 0.769. The molecule has 1 amide bonds. The summed E-state index contributed by atoms with van der Waals surface area (Å²) in [5.74, 6) is -1.12. The van der Waals surface area contributed by atoms with E-state index in [9.17, 15) is 14.7 Å². The van der Waals surface area contributed by atoms with Crippen LogP contribution in [-0.4, -0.2) is 23.5 Å². The van der Waals surface area contributed by atoms with Crippen LogP contribution in [0.25, 0.3) is 0 Å². The third kappa shape index (κ3) is 4.02. The first kappa shape index (κ1) is 14.5. The second-order valence-electron chi connectivity index (χ2n) is 4.93. The maximum atomic E-state index is 11.7. The van der Waals surface area contributed by atoms with Crippen molar-refractivity contribution in [2.45, 2.75) is 51.4 Å². The van der Waals surface area contributed by atoms with E-state index >= 15 is 0 Å². The Balaban J connectivity index is 2.59. The van der Waals surface area contributed by atoms with Crippen LogP contribution in [-0.2, 0) is 9.59 Å². The van der Waals surface area contributed by atoms with Crippen LogP contribution in [0.3, 0.4) is 0 Å². The molecule has 0 heterocycles. The highest BCUT2D eigenvalue weighted by Crippen LogP contribution is 2.38. The van der Waals surface area contributed by atoms with E-state index < -0.39 is 11.4 Å². The Morgan fingerprint density at radius 1 is 1.22 bits per heavy atom. The highest BCUT2D eigenvalue weighted by atomic mass is 16.4. The van der Waals surface area contributed by atoms with Gasteiger partial charge in [0, 0.05) is 13.0 Å². The van der Waals surface area contributed by atoms with E-state index in [-0.39, 0.29) is 18.7 Å². The van der Waals surface area contributed by atoms with Crippen LogP contribution >= 0.6 is 0 Å². The lowest BCUT2D eigenvalue weighted by molar-refractivity contribution is -0.152. The average Bonchev–Trinajstić information content (AvgIpc) is 2.56. The number of amides is 1. The molecule has 0 aromatic carbocycles. The van der Waals surface area contributed by atoms with Crippen molar-refractivity contribution >= 4 is 11.9 Å². The highest BCUT2D eigenvalue weighted by Gasteiger charge is 2.40. The van der Waals surface area contributed by atoms with Crippen LogP contribution in [0.5, 0.6) is 0 Å². The number of rotatable bonds is 5. The summed E-state index contributed by atoms with van der Waals surface area (Å²) >= 11 is 0. The quantitative estimate of drug-likeness (QED) is 0.577. The first-order chi connectivity index (χ1) is 8.60. The molecule has 0 unspecified atom stereocenters. The minimum absolute atomic E-state index is 0.0355. The summed E-state index contributed by atoms with van der Waals surface area (Å²) in [6.07, 6.45) is 5.29. The highest BCUT2D eigenvalue weighted by molar-refractivity contribution is 5.85. The van der Waals surface area contributed by atoms with Gasteiger partial charge in [0.05, 0.1) is 17.9 Å². The zero-order valence-electron chi connectivity index (χ0n) is 10.6. The van der Waals surface area contributed by atoms with Crippen molar-refractivity contribution in [3.8, 4) is 6.07 Å². The molecule has 0 saturated heterocycles. The van der Waals surface area contributed by atoms with Gasteiger partial charge in [0.15, 0.2) is 0 Å². The fourth-order valence-corrected chi connectivity index (χ4v) is 2.50. The molecule has 0 aliphatic heterocycles. The van der Waals surface area contributed by atoms with Gasteiger partial charge in [-0.2, -0.15) is 5.26 Å². The van der Waals surface area contributed by atoms with E-state index in [1.807, 2.05) is 6.07 Å². The summed E-state index contributed by atoms with van der Waals surface area (Å²) in [6.45, 7) is 0.297. The number of nitrogens with one attached hydrogen (secondary N) is 1. The van der Waals surface area contributed by atoms with Crippen molar-refractivity contribution in [3.05, 3.63) is 0 Å². The molecule has 0 bridgehead atoms. The molecule has 5 nitrogen and oxygen atoms in total. The molecule has 1 rings (SSSR count). The van der Waals surface area contributed by atoms with E-state index in [4.69, 9.17) is 5.26 Å². The second kappa shape index (κ2) is 7.00. The zero-order valence-corrected chi connectivity index (χ0v) is 10.6. The maximum Gasteiger partial charge on any atom is 0.310 e. The molecule has 0 atom stereocenters. The molecule has 1 fully saturated rings. The van der Waals surface area contributed by atoms with Gasteiger partial charge in [0.25, 0.3) is 0 Å². The zero-order chi connectivity index (χ0) is 13.4. The van der Waals surface area contributed by atoms with Crippen molar-refractivity contribution in [2.75, 3.05) is 6.54 Å². The number of carbonyl (C=O) groups is 2. The molecule has 2 N–H and O–H groups in total. The Morgan fingerprint density at radius 3 is 2.33 bits per heavy atom. The largest absolute Gasteiger partial charge is 0.481 e. The van der Waals surface area contributed by atoms with Gasteiger partial charge in [0.2, 0.25) is 5.91 Å². The summed E-state index contributed by atoms with van der Waals surface area (Å²) in [6, 6.07) is 1.94. The van der Waals surface area contributed by atoms with Gasteiger partial charge in [-0.3, -0.25) is 9.59 Å². The third-order valence-electron chi connectivity index (χ3n) is 3.57. The molecule has 0 radical (unpaired) electrons. The van der Waals surface area contributed by atoms with Crippen molar-refractivity contribution in [1.82, 2.24) is 5.32 Å². The number of carbonyl (C=O) groups excluding carboxylic acids is 1. The monoisotopic (exact) mass is 252 g/mol. The lowest BCUT2D eigenvalue weighted by Crippen LogP contribution is -2.37. The summed E-state index contributed by atoms with van der Waals surface area (Å²) in [4.78, 5) is 23.2. The fourth-order valence-electron chi connectivity index (χ4n) is 2.50. The summed E-state index contributed by atoms with van der Waals surface area (Å²) in [5, 5.41) is 20.4. The minimum Gasteiger partial charge on any atom is -0.481 e. The predicted molar refractivity (Wildman–Crippen MR) is 65.6 cm³/mol. The average molecular weight is 252 g/mol.